The summed E-state index contributed by atoms with van der Waals surface area (Å²) in [6.07, 6.45) is -0.813. The van der Waals surface area contributed by atoms with Gasteiger partial charge >= 0.3 is 11.9 Å². The summed E-state index contributed by atoms with van der Waals surface area (Å²) in [5.74, 6) is 0.0135. The van der Waals surface area contributed by atoms with Gasteiger partial charge in [0, 0.05) is 4.47 Å². The zero-order valence-corrected chi connectivity index (χ0v) is 19.0. The van der Waals surface area contributed by atoms with E-state index >= 15 is 0 Å². The molecule has 3 aromatic rings. The second-order valence-electron chi connectivity index (χ2n) is 6.30. The monoisotopic (exact) mass is 493 g/mol. The Balaban J connectivity index is 1.70. The van der Waals surface area contributed by atoms with Gasteiger partial charge in [-0.3, -0.25) is 0 Å². The quantitative estimate of drug-likeness (QED) is 0.490. The van der Waals surface area contributed by atoms with Crippen molar-refractivity contribution in [1.29, 1.82) is 0 Å². The molecule has 8 nitrogen and oxygen atoms in total. The summed E-state index contributed by atoms with van der Waals surface area (Å²) in [7, 11) is 0. The molecular weight excluding hydrogens is 474 g/mol. The molecule has 0 bridgehead atoms. The largest absolute Gasteiger partial charge is 0.479 e. The number of ether oxygens (including phenoxy) is 3. The molecule has 0 aliphatic heterocycles. The molecule has 0 spiro atoms. The van der Waals surface area contributed by atoms with Gasteiger partial charge in [0.2, 0.25) is 0 Å². The Bertz CT molecular complexity index is 1080. The smallest absolute Gasteiger partial charge is 0.348 e. The van der Waals surface area contributed by atoms with Crippen LogP contribution in [0.15, 0.2) is 28.7 Å². The number of fused-ring (bicyclic) bond motifs is 1. The number of esters is 2. The fourth-order valence-electron chi connectivity index (χ4n) is 2.69. The minimum Gasteiger partial charge on any atom is -0.479 e. The lowest BCUT2D eigenvalue weighted by Crippen LogP contribution is -2.26. The number of anilines is 1. The number of benzene rings is 1. The first-order valence-electron chi connectivity index (χ1n) is 9.11. The van der Waals surface area contributed by atoms with Crippen molar-refractivity contribution < 1.29 is 23.8 Å². The Morgan fingerprint density at radius 2 is 1.90 bits per heavy atom. The molecule has 1 atom stereocenters. The van der Waals surface area contributed by atoms with Crippen molar-refractivity contribution in [2.24, 2.45) is 0 Å². The minimum absolute atomic E-state index is 0.168. The van der Waals surface area contributed by atoms with Crippen molar-refractivity contribution >= 4 is 55.2 Å². The van der Waals surface area contributed by atoms with Gasteiger partial charge in [-0.25, -0.2) is 19.6 Å². The second kappa shape index (κ2) is 9.40. The molecule has 0 aliphatic carbocycles. The number of carbonyl (C=O) groups excluding carboxylic acids is 2. The van der Waals surface area contributed by atoms with Gasteiger partial charge in [-0.2, -0.15) is 0 Å². The molecule has 1 unspecified atom stereocenters. The summed E-state index contributed by atoms with van der Waals surface area (Å²) in [4.78, 5) is 33.9. The van der Waals surface area contributed by atoms with Gasteiger partial charge in [-0.1, -0.05) is 15.9 Å². The van der Waals surface area contributed by atoms with Crippen LogP contribution in [-0.4, -0.2) is 34.6 Å². The highest BCUT2D eigenvalue weighted by molar-refractivity contribution is 9.10. The van der Waals surface area contributed by atoms with Crippen LogP contribution < -0.4 is 10.5 Å². The van der Waals surface area contributed by atoms with E-state index in [9.17, 15) is 9.59 Å². The maximum atomic E-state index is 12.3. The first kappa shape index (κ1) is 22.0. The van der Waals surface area contributed by atoms with E-state index in [0.717, 1.165) is 4.47 Å². The molecular formula is C20H20BrN3O5S. The zero-order valence-electron chi connectivity index (χ0n) is 16.6. The Morgan fingerprint density at radius 3 is 2.57 bits per heavy atom. The van der Waals surface area contributed by atoms with Crippen LogP contribution in [0.5, 0.6) is 5.75 Å². The van der Waals surface area contributed by atoms with Crippen molar-refractivity contribution in [3.05, 3.63) is 45.0 Å². The summed E-state index contributed by atoms with van der Waals surface area (Å²) in [5, 5.41) is 0.602. The number of nitrogens with two attached hydrogens (primary N) is 1. The number of nitrogen functional groups attached to an aromatic ring is 1. The van der Waals surface area contributed by atoms with Crippen LogP contribution in [0.4, 0.5) is 5.82 Å². The average Bonchev–Trinajstić information content (AvgIpc) is 3.05. The van der Waals surface area contributed by atoms with Crippen LogP contribution in [0.1, 0.15) is 34.9 Å². The molecule has 1 aromatic carbocycles. The van der Waals surface area contributed by atoms with E-state index in [1.165, 1.54) is 11.3 Å². The van der Waals surface area contributed by atoms with E-state index in [0.29, 0.717) is 26.4 Å². The molecule has 2 aromatic heterocycles. The normalized spacial score (nSPS) is 11.9. The lowest BCUT2D eigenvalue weighted by atomic mass is 10.2. The van der Waals surface area contributed by atoms with E-state index in [1.807, 2.05) is 12.1 Å². The molecule has 0 saturated carbocycles. The highest BCUT2D eigenvalue weighted by Gasteiger charge is 2.22. The number of halogens is 1. The van der Waals surface area contributed by atoms with E-state index in [4.69, 9.17) is 19.9 Å². The minimum atomic E-state index is -0.813. The van der Waals surface area contributed by atoms with Gasteiger partial charge in [0.1, 0.15) is 21.3 Å². The van der Waals surface area contributed by atoms with Gasteiger partial charge in [-0.05, 0) is 50.6 Å². The van der Waals surface area contributed by atoms with Crippen LogP contribution in [0.2, 0.25) is 0 Å². The van der Waals surface area contributed by atoms with Crippen molar-refractivity contribution in [3.8, 4) is 5.75 Å². The molecule has 158 valence electrons. The Morgan fingerprint density at radius 1 is 1.20 bits per heavy atom. The summed E-state index contributed by atoms with van der Waals surface area (Å²) in [6.45, 7) is 5.21. The van der Waals surface area contributed by atoms with Crippen LogP contribution in [0.3, 0.4) is 0 Å². The number of hydrogen-bond donors (Lipinski definition) is 1. The predicted octanol–water partition coefficient (Wildman–Crippen LogP) is 4.03. The third kappa shape index (κ3) is 4.88. The SMILES string of the molecule is CCOC(=O)c1sc2nc(COC(=O)C(C)Oc3ccc(Br)cc3)nc(N)c2c1C. The van der Waals surface area contributed by atoms with Gasteiger partial charge in [0.05, 0.1) is 12.0 Å². The molecule has 0 aliphatic rings. The molecule has 10 heteroatoms. The van der Waals surface area contributed by atoms with Crippen molar-refractivity contribution in [2.45, 2.75) is 33.5 Å². The standard InChI is InChI=1S/C20H20BrN3O5S/c1-4-27-20(26)16-10(2)15-17(22)23-14(24-18(15)30-16)9-28-19(25)11(3)29-13-7-5-12(21)6-8-13/h5-8,11H,4,9H2,1-3H3,(H2,22,23,24). The fourth-order valence-corrected chi connectivity index (χ4v) is 4.06. The number of hydrogen-bond acceptors (Lipinski definition) is 9. The third-order valence-electron chi connectivity index (χ3n) is 4.13. The first-order valence-corrected chi connectivity index (χ1v) is 10.7. The molecule has 2 heterocycles. The van der Waals surface area contributed by atoms with Gasteiger partial charge in [0.25, 0.3) is 0 Å². The highest BCUT2D eigenvalue weighted by Crippen LogP contribution is 2.33. The number of aryl methyl sites for hydroxylation is 1. The van der Waals surface area contributed by atoms with Crippen LogP contribution >= 0.6 is 27.3 Å². The van der Waals surface area contributed by atoms with E-state index in [-0.39, 0.29) is 24.9 Å². The fraction of sp³-hybridized carbons (Fsp3) is 0.300. The summed E-state index contributed by atoms with van der Waals surface area (Å²) < 4.78 is 16.8. The molecule has 0 amide bonds. The number of nitrogens with zero attached hydrogens (tertiary/aromatic N) is 2. The predicted molar refractivity (Wildman–Crippen MR) is 117 cm³/mol. The lowest BCUT2D eigenvalue weighted by molar-refractivity contribution is -0.152. The van der Waals surface area contributed by atoms with Crippen molar-refractivity contribution in [1.82, 2.24) is 9.97 Å². The Hall–Kier alpha value is -2.72. The third-order valence-corrected chi connectivity index (χ3v) is 5.82. The van der Waals surface area contributed by atoms with Gasteiger partial charge in [0.15, 0.2) is 18.5 Å². The first-order chi connectivity index (χ1) is 14.3. The number of aromatic nitrogens is 2. The average molecular weight is 494 g/mol. The zero-order chi connectivity index (χ0) is 21.8. The highest BCUT2D eigenvalue weighted by atomic mass is 79.9. The maximum absolute atomic E-state index is 12.3. The number of carbonyl (C=O) groups is 2. The molecule has 0 fully saturated rings. The van der Waals surface area contributed by atoms with Crippen molar-refractivity contribution in [2.75, 3.05) is 12.3 Å². The van der Waals surface area contributed by atoms with Gasteiger partial charge < -0.3 is 19.9 Å². The Labute approximate surface area is 185 Å². The molecule has 0 radical (unpaired) electrons. The molecule has 3 rings (SSSR count). The topological polar surface area (TPSA) is 114 Å². The maximum Gasteiger partial charge on any atom is 0.348 e. The number of rotatable bonds is 7. The Kier molecular flexibility index (Phi) is 6.88. The molecule has 0 saturated heterocycles. The van der Waals surface area contributed by atoms with Crippen molar-refractivity contribution in [3.63, 3.8) is 0 Å². The van der Waals surface area contributed by atoms with Crippen LogP contribution in [0.25, 0.3) is 10.2 Å². The molecule has 2 N–H and O–H groups in total. The second-order valence-corrected chi connectivity index (χ2v) is 8.22. The summed E-state index contributed by atoms with van der Waals surface area (Å²) in [6, 6.07) is 7.11. The summed E-state index contributed by atoms with van der Waals surface area (Å²) in [5.41, 5.74) is 6.73. The van der Waals surface area contributed by atoms with E-state index < -0.39 is 18.0 Å². The molecule has 30 heavy (non-hydrogen) atoms. The van der Waals surface area contributed by atoms with E-state index in [1.54, 1.807) is 32.9 Å². The van der Waals surface area contributed by atoms with Crippen LogP contribution in [0, 0.1) is 6.92 Å². The van der Waals surface area contributed by atoms with E-state index in [2.05, 4.69) is 25.9 Å². The summed E-state index contributed by atoms with van der Waals surface area (Å²) >= 11 is 4.51. The van der Waals surface area contributed by atoms with Crippen LogP contribution in [-0.2, 0) is 20.9 Å². The lowest BCUT2D eigenvalue weighted by Gasteiger charge is -2.14. The van der Waals surface area contributed by atoms with Gasteiger partial charge in [-0.15, -0.1) is 11.3 Å². The number of thiophene rings is 1.